The molecule has 15 heteroatoms. The molecule has 0 aliphatic rings. The van der Waals surface area contributed by atoms with E-state index in [1.807, 2.05) is 42.3 Å². The summed E-state index contributed by atoms with van der Waals surface area (Å²) in [7, 11) is 1.87. The van der Waals surface area contributed by atoms with Crippen molar-refractivity contribution in [2.24, 2.45) is 0 Å². The summed E-state index contributed by atoms with van der Waals surface area (Å²) in [5, 5.41) is 24.1. The lowest BCUT2D eigenvalue weighted by Crippen LogP contribution is -2.23. The minimum atomic E-state index is -0.915. The average Bonchev–Trinajstić information content (AvgIpc) is 3.12. The van der Waals surface area contributed by atoms with Gasteiger partial charge in [-0.05, 0) is 42.0 Å². The van der Waals surface area contributed by atoms with Crippen LogP contribution in [0.15, 0.2) is 66.7 Å². The number of hydrogen-bond donors (Lipinski definition) is 2. The number of nitro groups is 1. The summed E-state index contributed by atoms with van der Waals surface area (Å²) in [6.07, 6.45) is -0.612. The van der Waals surface area contributed by atoms with E-state index in [1.54, 1.807) is 24.3 Å². The molecule has 0 radical (unpaired) electrons. The van der Waals surface area contributed by atoms with Crippen molar-refractivity contribution < 1.29 is 52.8 Å². The molecule has 0 fully saturated rings. The predicted octanol–water partition coefficient (Wildman–Crippen LogP) is 4.45. The number of aromatic hydroxyl groups is 1. The number of nitro benzene ring substituents is 1. The Labute approximate surface area is 302 Å². The maximum Gasteiger partial charge on any atom is 0.334 e. The van der Waals surface area contributed by atoms with Crippen LogP contribution in [-0.4, -0.2) is 114 Å². The van der Waals surface area contributed by atoms with Crippen molar-refractivity contribution in [2.75, 3.05) is 96.5 Å². The maximum atomic E-state index is 12.8. The number of carbonyl (C=O) groups is 3. The zero-order chi connectivity index (χ0) is 37.6. The number of hydrogen-bond acceptors (Lipinski definition) is 13. The molecule has 0 aliphatic carbocycles. The third kappa shape index (κ3) is 15.2. The van der Waals surface area contributed by atoms with E-state index in [1.165, 1.54) is 0 Å². The Kier molecular flexibility index (Phi) is 18.9. The van der Waals surface area contributed by atoms with Crippen molar-refractivity contribution in [3.8, 4) is 5.75 Å². The van der Waals surface area contributed by atoms with Gasteiger partial charge in [0.2, 0.25) is 11.7 Å². The molecule has 0 bridgehead atoms. The van der Waals surface area contributed by atoms with Crippen LogP contribution in [0, 0.1) is 10.1 Å². The highest BCUT2D eigenvalue weighted by atomic mass is 16.6. The number of rotatable bonds is 27. The third-order valence-electron chi connectivity index (χ3n) is 7.44. The molecule has 2 N–H and O–H groups in total. The largest absolute Gasteiger partial charge is 0.502 e. The van der Waals surface area contributed by atoms with Gasteiger partial charge < -0.3 is 43.7 Å². The number of nitrogens with zero attached hydrogens (tertiary/aromatic N) is 2. The normalized spacial score (nSPS) is 11.0. The van der Waals surface area contributed by atoms with Gasteiger partial charge in [-0.25, -0.2) is 0 Å². The fourth-order valence-electron chi connectivity index (χ4n) is 4.72. The molecule has 0 saturated heterocycles. The lowest BCUT2D eigenvalue weighted by atomic mass is 9.99. The molecule has 3 aromatic carbocycles. The van der Waals surface area contributed by atoms with Crippen molar-refractivity contribution in [1.29, 1.82) is 0 Å². The van der Waals surface area contributed by atoms with Crippen LogP contribution in [0.25, 0.3) is 0 Å². The molecule has 0 spiro atoms. The molecule has 0 aliphatic heterocycles. The summed E-state index contributed by atoms with van der Waals surface area (Å²) in [6.45, 7) is 7.46. The van der Waals surface area contributed by atoms with Crippen LogP contribution in [0.2, 0.25) is 0 Å². The summed E-state index contributed by atoms with van der Waals surface area (Å²) >= 11 is 0. The van der Waals surface area contributed by atoms with Gasteiger partial charge >= 0.3 is 5.69 Å². The van der Waals surface area contributed by atoms with Gasteiger partial charge in [0.15, 0.2) is 11.6 Å². The van der Waals surface area contributed by atoms with Crippen LogP contribution in [0.3, 0.4) is 0 Å². The molecular weight excluding hydrogens is 678 g/mol. The van der Waals surface area contributed by atoms with Gasteiger partial charge in [0.25, 0.3) is 0 Å². The first-order valence-corrected chi connectivity index (χ1v) is 16.8. The Morgan fingerprint density at radius 3 is 1.75 bits per heavy atom. The van der Waals surface area contributed by atoms with Gasteiger partial charge in [0, 0.05) is 31.8 Å². The van der Waals surface area contributed by atoms with E-state index < -0.39 is 40.3 Å². The first-order chi connectivity index (χ1) is 25.2. The number of ketones is 2. The number of anilines is 2. The van der Waals surface area contributed by atoms with Crippen molar-refractivity contribution in [3.05, 3.63) is 93.5 Å². The topological polar surface area (TPSA) is 185 Å². The minimum Gasteiger partial charge on any atom is -0.502 e. The molecule has 0 atom stereocenters. The number of phenolic OH excluding ortho intramolecular Hbond substituents is 1. The van der Waals surface area contributed by atoms with Crippen LogP contribution in [0.5, 0.6) is 5.75 Å². The van der Waals surface area contributed by atoms with Crippen LogP contribution < -0.4 is 10.2 Å². The number of benzene rings is 3. The minimum absolute atomic E-state index is 0.258. The molecule has 282 valence electrons. The molecular formula is C37H47N3O12. The van der Waals surface area contributed by atoms with Gasteiger partial charge in [0.1, 0.15) is 5.69 Å². The Morgan fingerprint density at radius 2 is 1.23 bits per heavy atom. The van der Waals surface area contributed by atoms with Crippen molar-refractivity contribution in [3.63, 3.8) is 0 Å². The van der Waals surface area contributed by atoms with Gasteiger partial charge in [-0.1, -0.05) is 30.3 Å². The van der Waals surface area contributed by atoms with Crippen molar-refractivity contribution >= 4 is 34.5 Å². The number of Topliss-reactive ketones (excluding diaryl/α,β-unsaturated/α-hetero) is 2. The van der Waals surface area contributed by atoms with Crippen LogP contribution in [-0.2, 0) is 39.8 Å². The highest BCUT2D eigenvalue weighted by Crippen LogP contribution is 2.37. The second-order valence-corrected chi connectivity index (χ2v) is 11.4. The smallest absolute Gasteiger partial charge is 0.334 e. The van der Waals surface area contributed by atoms with Gasteiger partial charge in [0.05, 0.1) is 96.2 Å². The molecule has 3 aromatic rings. The van der Waals surface area contributed by atoms with E-state index in [0.29, 0.717) is 85.8 Å². The third-order valence-corrected chi connectivity index (χ3v) is 7.44. The summed E-state index contributed by atoms with van der Waals surface area (Å²) in [5.41, 5.74) is 0.751. The monoisotopic (exact) mass is 725 g/mol. The molecule has 0 heterocycles. The molecule has 52 heavy (non-hydrogen) atoms. The number of carbonyl (C=O) groups excluding carboxylic acids is 3. The maximum absolute atomic E-state index is 12.8. The number of likely N-dealkylation sites (N-methyl/N-ethyl adjacent to an activating group) is 1. The Balaban J connectivity index is 1.19. The zero-order valence-corrected chi connectivity index (χ0v) is 29.6. The lowest BCUT2D eigenvalue weighted by molar-refractivity contribution is -0.384. The van der Waals surface area contributed by atoms with Crippen LogP contribution in [0.4, 0.5) is 17.1 Å². The Bertz CT molecular complexity index is 1550. The van der Waals surface area contributed by atoms with Crippen molar-refractivity contribution in [1.82, 2.24) is 0 Å². The van der Waals surface area contributed by atoms with E-state index in [-0.39, 0.29) is 16.8 Å². The summed E-state index contributed by atoms with van der Waals surface area (Å²) in [5.74, 6) is -2.82. The van der Waals surface area contributed by atoms with E-state index in [9.17, 15) is 29.6 Å². The second kappa shape index (κ2) is 23.7. The summed E-state index contributed by atoms with van der Waals surface area (Å²) in [4.78, 5) is 49.4. The zero-order valence-electron chi connectivity index (χ0n) is 29.6. The number of amides is 1. The van der Waals surface area contributed by atoms with Gasteiger partial charge in [-0.2, -0.15) is 0 Å². The highest BCUT2D eigenvalue weighted by molar-refractivity contribution is 6.15. The fourth-order valence-corrected chi connectivity index (χ4v) is 4.72. The standard InChI is InChI=1S/C37H47N3O12/c1-28(41)38-33-13-12-32(37(44)36(33)40(45)46)35(43)26-34(42)30-8-10-31(11-9-30)39(2)14-15-47-16-17-48-18-19-49-20-21-50-22-23-51-24-25-52-27-29-6-4-3-5-7-29/h3-13,44H,14-27H2,1-2H3,(H,38,41). The average molecular weight is 726 g/mol. The molecule has 0 unspecified atom stereocenters. The van der Waals surface area contributed by atoms with Crippen LogP contribution in [0.1, 0.15) is 39.6 Å². The van der Waals surface area contributed by atoms with E-state index in [4.69, 9.17) is 28.4 Å². The number of ether oxygens (including phenoxy) is 6. The Morgan fingerprint density at radius 1 is 0.712 bits per heavy atom. The lowest BCUT2D eigenvalue weighted by Gasteiger charge is -2.19. The van der Waals surface area contributed by atoms with Crippen LogP contribution >= 0.6 is 0 Å². The summed E-state index contributed by atoms with van der Waals surface area (Å²) < 4.78 is 33.2. The summed E-state index contributed by atoms with van der Waals surface area (Å²) in [6, 6.07) is 18.9. The molecule has 1 amide bonds. The molecule has 0 aromatic heterocycles. The molecule has 3 rings (SSSR count). The quantitative estimate of drug-likeness (QED) is 0.0370. The van der Waals surface area contributed by atoms with Gasteiger partial charge in [-0.15, -0.1) is 0 Å². The SMILES string of the molecule is CC(=O)Nc1ccc(C(=O)CC(=O)c2ccc(N(C)CCOCCOCCOCCOCCOCCOCc3ccccc3)cc2)c(O)c1[N+](=O)[O-]. The molecule has 0 saturated carbocycles. The highest BCUT2D eigenvalue weighted by Gasteiger charge is 2.27. The van der Waals surface area contributed by atoms with Crippen molar-refractivity contribution in [2.45, 2.75) is 20.0 Å². The van der Waals surface area contributed by atoms with E-state index in [2.05, 4.69) is 5.32 Å². The first-order valence-electron chi connectivity index (χ1n) is 16.8. The fraction of sp³-hybridized carbons (Fsp3) is 0.432. The van der Waals surface area contributed by atoms with E-state index >= 15 is 0 Å². The van der Waals surface area contributed by atoms with Gasteiger partial charge in [-0.3, -0.25) is 24.5 Å². The van der Waals surface area contributed by atoms with E-state index in [0.717, 1.165) is 30.3 Å². The predicted molar refractivity (Wildman–Crippen MR) is 192 cm³/mol. The number of nitrogens with one attached hydrogen (secondary N) is 1. The first kappa shape index (κ1) is 41.6. The molecule has 15 nitrogen and oxygen atoms in total. The second-order valence-electron chi connectivity index (χ2n) is 11.4. The Hall–Kier alpha value is -4.77. The number of phenols is 1.